The zero-order chi connectivity index (χ0) is 15.0. The van der Waals surface area contributed by atoms with Crippen LogP contribution in [0.2, 0.25) is 0 Å². The zero-order valence-corrected chi connectivity index (χ0v) is 11.1. The molecule has 0 radical (unpaired) electrons. The van der Waals surface area contributed by atoms with Gasteiger partial charge in [-0.05, 0) is 41.1 Å². The van der Waals surface area contributed by atoms with E-state index in [2.05, 4.69) is 15.5 Å². The molecule has 0 atom stereocenters. The lowest BCUT2D eigenvalue weighted by Gasteiger charge is -2.08. The third-order valence-corrected chi connectivity index (χ3v) is 3.07. The Balaban J connectivity index is 2.18. The second kappa shape index (κ2) is 4.93. The second-order valence-electron chi connectivity index (χ2n) is 4.59. The van der Waals surface area contributed by atoms with Crippen LogP contribution >= 0.6 is 0 Å². The first-order valence-electron chi connectivity index (χ1n) is 6.16. The van der Waals surface area contributed by atoms with Gasteiger partial charge >= 0.3 is 0 Å². The van der Waals surface area contributed by atoms with Gasteiger partial charge in [0.25, 0.3) is 0 Å². The lowest BCUT2D eigenvalue weighted by Crippen LogP contribution is -2.04. The molecule has 7 heteroatoms. The van der Waals surface area contributed by atoms with Crippen LogP contribution in [0, 0.1) is 18.6 Å². The topological polar surface area (TPSA) is 69.6 Å². The highest BCUT2D eigenvalue weighted by Crippen LogP contribution is 2.24. The Morgan fingerprint density at radius 2 is 1.90 bits per heavy atom. The number of hydrogen-bond donors (Lipinski definition) is 1. The van der Waals surface area contributed by atoms with Gasteiger partial charge in [0.2, 0.25) is 0 Å². The molecule has 0 saturated carbocycles. The molecule has 0 fully saturated rings. The summed E-state index contributed by atoms with van der Waals surface area (Å²) < 4.78 is 28.9. The van der Waals surface area contributed by atoms with Gasteiger partial charge in [-0.1, -0.05) is 12.1 Å². The van der Waals surface area contributed by atoms with Crippen LogP contribution in [0.4, 0.5) is 14.5 Å². The first-order chi connectivity index (χ1) is 10.1. The highest BCUT2D eigenvalue weighted by atomic mass is 19.1. The second-order valence-corrected chi connectivity index (χ2v) is 4.59. The molecule has 0 spiro atoms. The Bertz CT molecular complexity index is 813. The van der Waals surface area contributed by atoms with Crippen LogP contribution in [0.15, 0.2) is 36.4 Å². The fourth-order valence-electron chi connectivity index (χ4n) is 2.01. The van der Waals surface area contributed by atoms with Crippen LogP contribution in [-0.4, -0.2) is 20.2 Å². The predicted molar refractivity (Wildman–Crippen MR) is 73.7 cm³/mol. The number of nitrogens with zero attached hydrogens (tertiary/aromatic N) is 4. The van der Waals surface area contributed by atoms with Crippen LogP contribution in [0.25, 0.3) is 17.1 Å². The van der Waals surface area contributed by atoms with Crippen LogP contribution in [0.3, 0.4) is 0 Å². The van der Waals surface area contributed by atoms with Crippen molar-refractivity contribution in [2.24, 2.45) is 0 Å². The van der Waals surface area contributed by atoms with Gasteiger partial charge in [-0.15, -0.1) is 5.10 Å². The van der Waals surface area contributed by atoms with Gasteiger partial charge in [0.05, 0.1) is 0 Å². The molecule has 0 saturated heterocycles. The number of benzene rings is 2. The van der Waals surface area contributed by atoms with Crippen LogP contribution in [-0.2, 0) is 0 Å². The molecule has 3 aromatic rings. The molecule has 0 aliphatic carbocycles. The summed E-state index contributed by atoms with van der Waals surface area (Å²) in [5, 5.41) is 11.1. The largest absolute Gasteiger partial charge is 0.399 e. The van der Waals surface area contributed by atoms with Crippen molar-refractivity contribution < 1.29 is 8.78 Å². The molecule has 2 N–H and O–H groups in total. The van der Waals surface area contributed by atoms with Gasteiger partial charge in [-0.25, -0.2) is 8.78 Å². The van der Waals surface area contributed by atoms with E-state index >= 15 is 0 Å². The first-order valence-corrected chi connectivity index (χ1v) is 6.16. The number of nitrogen functional groups attached to an aromatic ring is 1. The molecular weight excluding hydrogens is 276 g/mol. The van der Waals surface area contributed by atoms with Crippen LogP contribution in [0.1, 0.15) is 5.56 Å². The summed E-state index contributed by atoms with van der Waals surface area (Å²) in [6.07, 6.45) is 0. The molecule has 21 heavy (non-hydrogen) atoms. The molecule has 0 bridgehead atoms. The van der Waals surface area contributed by atoms with Crippen molar-refractivity contribution >= 4 is 5.69 Å². The summed E-state index contributed by atoms with van der Waals surface area (Å²) in [4.78, 5) is 0. The summed E-state index contributed by atoms with van der Waals surface area (Å²) in [7, 11) is 0. The maximum Gasteiger partial charge on any atom is 0.187 e. The van der Waals surface area contributed by atoms with Gasteiger partial charge < -0.3 is 5.73 Å². The predicted octanol–water partition coefficient (Wildman–Crippen LogP) is 2.50. The first kappa shape index (κ1) is 13.2. The van der Waals surface area contributed by atoms with Crippen molar-refractivity contribution in [2.45, 2.75) is 6.92 Å². The van der Waals surface area contributed by atoms with Crippen molar-refractivity contribution in [3.8, 4) is 17.1 Å². The fraction of sp³-hybridized carbons (Fsp3) is 0.0714. The van der Waals surface area contributed by atoms with Gasteiger partial charge in [0.1, 0.15) is 17.3 Å². The van der Waals surface area contributed by atoms with E-state index in [1.165, 1.54) is 6.92 Å². The Kier molecular flexibility index (Phi) is 3.09. The van der Waals surface area contributed by atoms with Crippen molar-refractivity contribution in [1.29, 1.82) is 0 Å². The molecule has 0 aliphatic rings. The van der Waals surface area contributed by atoms with Crippen molar-refractivity contribution in [3.63, 3.8) is 0 Å². The summed E-state index contributed by atoms with van der Waals surface area (Å²) in [6, 6.07) is 9.01. The van der Waals surface area contributed by atoms with Crippen molar-refractivity contribution in [1.82, 2.24) is 20.2 Å². The number of anilines is 1. The van der Waals surface area contributed by atoms with E-state index in [0.29, 0.717) is 11.3 Å². The number of hydrogen-bond acceptors (Lipinski definition) is 4. The zero-order valence-electron chi connectivity index (χ0n) is 11.1. The molecule has 3 rings (SSSR count). The van der Waals surface area contributed by atoms with Crippen molar-refractivity contribution in [2.75, 3.05) is 5.73 Å². The molecular formula is C14H11F2N5. The van der Waals surface area contributed by atoms with E-state index in [0.717, 1.165) is 16.8 Å². The van der Waals surface area contributed by atoms with E-state index in [1.54, 1.807) is 24.3 Å². The number of rotatable bonds is 2. The van der Waals surface area contributed by atoms with Crippen LogP contribution < -0.4 is 5.73 Å². The fourth-order valence-corrected chi connectivity index (χ4v) is 2.01. The van der Waals surface area contributed by atoms with E-state index in [1.807, 2.05) is 0 Å². The lowest BCUT2D eigenvalue weighted by molar-refractivity contribution is 0.578. The summed E-state index contributed by atoms with van der Waals surface area (Å²) in [6.45, 7) is 1.49. The molecule has 1 heterocycles. The Labute approximate surface area is 119 Å². The molecule has 0 aliphatic heterocycles. The molecule has 2 aromatic carbocycles. The van der Waals surface area contributed by atoms with Gasteiger partial charge in [0, 0.05) is 17.3 Å². The molecule has 1 aromatic heterocycles. The smallest absolute Gasteiger partial charge is 0.187 e. The van der Waals surface area contributed by atoms with E-state index in [4.69, 9.17) is 5.73 Å². The van der Waals surface area contributed by atoms with E-state index in [-0.39, 0.29) is 17.1 Å². The third-order valence-electron chi connectivity index (χ3n) is 3.07. The maximum atomic E-state index is 14.1. The van der Waals surface area contributed by atoms with Crippen molar-refractivity contribution in [3.05, 3.63) is 53.6 Å². The molecule has 0 amide bonds. The van der Waals surface area contributed by atoms with Gasteiger partial charge in [-0.3, -0.25) is 0 Å². The van der Waals surface area contributed by atoms with E-state index < -0.39 is 11.6 Å². The minimum Gasteiger partial charge on any atom is -0.399 e. The lowest BCUT2D eigenvalue weighted by atomic mass is 10.1. The SMILES string of the molecule is Cc1cc(F)c(-n2nnnc2-c2cccc(N)c2)cc1F. The number of aromatic nitrogens is 4. The number of tetrazole rings is 1. The Morgan fingerprint density at radius 1 is 1.10 bits per heavy atom. The summed E-state index contributed by atoms with van der Waals surface area (Å²) in [5.41, 5.74) is 7.01. The highest BCUT2D eigenvalue weighted by molar-refractivity contribution is 5.62. The Morgan fingerprint density at radius 3 is 2.67 bits per heavy atom. The summed E-state index contributed by atoms with van der Waals surface area (Å²) in [5.74, 6) is -0.851. The summed E-state index contributed by atoms with van der Waals surface area (Å²) >= 11 is 0. The average molecular weight is 287 g/mol. The Hall–Kier alpha value is -2.83. The standard InChI is InChI=1S/C14H11F2N5/c1-8-5-12(16)13(7-11(8)15)21-14(18-19-20-21)9-3-2-4-10(17)6-9/h2-7H,17H2,1H3. The molecule has 0 unspecified atom stereocenters. The quantitative estimate of drug-likeness (QED) is 0.735. The van der Waals surface area contributed by atoms with Crippen LogP contribution in [0.5, 0.6) is 0 Å². The minimum absolute atomic E-state index is 0.0551. The highest BCUT2D eigenvalue weighted by Gasteiger charge is 2.16. The number of nitrogens with two attached hydrogens (primary N) is 1. The van der Waals surface area contributed by atoms with E-state index in [9.17, 15) is 8.78 Å². The maximum absolute atomic E-state index is 14.1. The normalized spacial score (nSPS) is 10.8. The van der Waals surface area contributed by atoms with Gasteiger partial charge in [-0.2, -0.15) is 4.68 Å². The van der Waals surface area contributed by atoms with Gasteiger partial charge in [0.15, 0.2) is 5.82 Å². The monoisotopic (exact) mass is 287 g/mol. The average Bonchev–Trinajstić information content (AvgIpc) is 2.92. The number of halogens is 2. The minimum atomic E-state index is -0.605. The number of aryl methyl sites for hydroxylation is 1. The molecule has 5 nitrogen and oxygen atoms in total. The third kappa shape index (κ3) is 2.33. The molecule has 106 valence electrons.